The number of rotatable bonds is 9. The van der Waals surface area contributed by atoms with Crippen LogP contribution in [0.25, 0.3) is 0 Å². The summed E-state index contributed by atoms with van der Waals surface area (Å²) in [6, 6.07) is 19.5. The number of nitrogens with one attached hydrogen (secondary N) is 1. The van der Waals surface area contributed by atoms with Crippen LogP contribution in [-0.2, 0) is 32.3 Å². The Kier molecular flexibility index (Phi) is 7.89. The number of carbonyl (C=O) groups is 1. The molecule has 0 spiro atoms. The van der Waals surface area contributed by atoms with Gasteiger partial charge in [-0.05, 0) is 62.6 Å². The highest BCUT2D eigenvalue weighted by Gasteiger charge is 2.27. The molecule has 0 amide bonds. The molecule has 0 saturated heterocycles. The van der Waals surface area contributed by atoms with E-state index in [1.807, 2.05) is 37.3 Å². The van der Waals surface area contributed by atoms with Gasteiger partial charge in [0.05, 0.1) is 15.9 Å². The third-order valence-electron chi connectivity index (χ3n) is 5.13. The van der Waals surface area contributed by atoms with Gasteiger partial charge < -0.3 is 15.2 Å². The van der Waals surface area contributed by atoms with Crippen LogP contribution < -0.4 is 5.32 Å². The number of hydrogen-bond acceptors (Lipinski definition) is 6. The van der Waals surface area contributed by atoms with Crippen LogP contribution in [0.5, 0.6) is 5.75 Å². The van der Waals surface area contributed by atoms with Crippen LogP contribution in [0.1, 0.15) is 30.5 Å². The number of ether oxygens (including phenoxy) is 1. The number of hydrogen-bond donors (Lipinski definition) is 2. The second kappa shape index (κ2) is 10.6. The third kappa shape index (κ3) is 6.43. The van der Waals surface area contributed by atoms with Crippen molar-refractivity contribution >= 4 is 15.8 Å². The average Bonchev–Trinajstić information content (AvgIpc) is 2.78. The first kappa shape index (κ1) is 24.5. The lowest BCUT2D eigenvalue weighted by Crippen LogP contribution is -2.40. The highest BCUT2D eigenvalue weighted by molar-refractivity contribution is 7.91. The van der Waals surface area contributed by atoms with E-state index >= 15 is 0 Å². The van der Waals surface area contributed by atoms with Crippen molar-refractivity contribution in [3.63, 3.8) is 0 Å². The molecule has 0 aliphatic heterocycles. The number of sulfone groups is 1. The van der Waals surface area contributed by atoms with Crippen LogP contribution in [0, 0.1) is 6.92 Å². The molecule has 2 N–H and O–H groups in total. The fraction of sp³-hybridized carbons (Fsp3) is 0.269. The zero-order valence-electron chi connectivity index (χ0n) is 19.0. The standard InChI is InChI=1S/C26H29NO5S/c1-18(2)32-26(29)24(27-17-20-7-5-4-6-8-20)15-21-11-12-22(28)16-25(21)33(30,31)23-13-9-19(3)10-14-23/h4-14,16,18,24,27-28H,15,17H2,1-3H3/t24-/m0/s1. The Morgan fingerprint density at radius 3 is 2.30 bits per heavy atom. The first-order valence-electron chi connectivity index (χ1n) is 10.8. The van der Waals surface area contributed by atoms with Crippen LogP contribution in [0.15, 0.2) is 82.6 Å². The van der Waals surface area contributed by atoms with Crippen molar-refractivity contribution in [1.29, 1.82) is 0 Å². The molecule has 0 aliphatic rings. The van der Waals surface area contributed by atoms with Crippen LogP contribution in [0.4, 0.5) is 0 Å². The van der Waals surface area contributed by atoms with Gasteiger partial charge in [0.1, 0.15) is 11.8 Å². The van der Waals surface area contributed by atoms with Crippen LogP contribution in [0.2, 0.25) is 0 Å². The summed E-state index contributed by atoms with van der Waals surface area (Å²) in [6.07, 6.45) is -0.229. The zero-order valence-corrected chi connectivity index (χ0v) is 19.8. The number of phenols is 1. The summed E-state index contributed by atoms with van der Waals surface area (Å²) in [4.78, 5) is 12.9. The van der Waals surface area contributed by atoms with Gasteiger partial charge in [-0.25, -0.2) is 8.42 Å². The maximum absolute atomic E-state index is 13.4. The van der Waals surface area contributed by atoms with Gasteiger partial charge in [-0.15, -0.1) is 0 Å². The van der Waals surface area contributed by atoms with E-state index in [-0.39, 0.29) is 28.1 Å². The van der Waals surface area contributed by atoms with E-state index in [2.05, 4.69) is 5.32 Å². The number of benzene rings is 3. The van der Waals surface area contributed by atoms with Gasteiger partial charge in [-0.2, -0.15) is 0 Å². The SMILES string of the molecule is Cc1ccc(S(=O)(=O)c2cc(O)ccc2C[C@H](NCc2ccccc2)C(=O)OC(C)C)cc1. The summed E-state index contributed by atoms with van der Waals surface area (Å²) in [6.45, 7) is 5.82. The van der Waals surface area contributed by atoms with Crippen molar-refractivity contribution in [2.24, 2.45) is 0 Å². The Balaban J connectivity index is 1.95. The van der Waals surface area contributed by atoms with Gasteiger partial charge in [0.25, 0.3) is 0 Å². The summed E-state index contributed by atoms with van der Waals surface area (Å²) < 4.78 is 32.2. The van der Waals surface area contributed by atoms with Crippen LogP contribution in [-0.4, -0.2) is 31.6 Å². The highest BCUT2D eigenvalue weighted by Crippen LogP contribution is 2.29. The van der Waals surface area contributed by atoms with E-state index in [4.69, 9.17) is 4.74 Å². The maximum atomic E-state index is 13.4. The Labute approximate surface area is 195 Å². The Morgan fingerprint density at radius 1 is 1.00 bits per heavy atom. The van der Waals surface area contributed by atoms with Gasteiger partial charge in [-0.1, -0.05) is 54.1 Å². The van der Waals surface area contributed by atoms with Gasteiger partial charge in [-0.3, -0.25) is 4.79 Å². The predicted octanol–water partition coefficient (Wildman–Crippen LogP) is 4.19. The molecule has 1 atom stereocenters. The van der Waals surface area contributed by atoms with E-state index in [1.54, 1.807) is 26.0 Å². The smallest absolute Gasteiger partial charge is 0.323 e. The van der Waals surface area contributed by atoms with E-state index in [1.165, 1.54) is 30.3 Å². The lowest BCUT2D eigenvalue weighted by molar-refractivity contribution is -0.150. The molecule has 0 unspecified atom stereocenters. The number of aromatic hydroxyl groups is 1. The van der Waals surface area contributed by atoms with Crippen LogP contribution >= 0.6 is 0 Å². The van der Waals surface area contributed by atoms with Gasteiger partial charge in [0, 0.05) is 6.54 Å². The summed E-state index contributed by atoms with van der Waals surface area (Å²) in [5, 5.41) is 13.2. The van der Waals surface area contributed by atoms with Crippen LogP contribution in [0.3, 0.4) is 0 Å². The number of carbonyl (C=O) groups excluding carboxylic acids is 1. The third-order valence-corrected chi connectivity index (χ3v) is 6.98. The Hall–Kier alpha value is -3.16. The molecule has 3 aromatic rings. The monoisotopic (exact) mass is 467 g/mol. The first-order chi connectivity index (χ1) is 15.7. The zero-order chi connectivity index (χ0) is 24.0. The van der Waals surface area contributed by atoms with Gasteiger partial charge >= 0.3 is 5.97 Å². The molecule has 3 rings (SSSR count). The highest BCUT2D eigenvalue weighted by atomic mass is 32.2. The van der Waals surface area contributed by atoms with E-state index in [0.717, 1.165) is 11.1 Å². The molecule has 174 valence electrons. The predicted molar refractivity (Wildman–Crippen MR) is 127 cm³/mol. The normalized spacial score (nSPS) is 12.5. The summed E-state index contributed by atoms with van der Waals surface area (Å²) in [5.74, 6) is -0.629. The first-order valence-corrected chi connectivity index (χ1v) is 12.3. The molecule has 0 bridgehead atoms. The van der Waals surface area contributed by atoms with E-state index in [0.29, 0.717) is 12.1 Å². The maximum Gasteiger partial charge on any atom is 0.323 e. The minimum atomic E-state index is -3.91. The van der Waals surface area contributed by atoms with Gasteiger partial charge in [0.15, 0.2) is 0 Å². The van der Waals surface area contributed by atoms with Crippen molar-refractivity contribution in [1.82, 2.24) is 5.32 Å². The second-order valence-electron chi connectivity index (χ2n) is 8.22. The molecular weight excluding hydrogens is 438 g/mol. The molecule has 0 aliphatic carbocycles. The largest absolute Gasteiger partial charge is 0.508 e. The molecule has 0 fully saturated rings. The summed E-state index contributed by atoms with van der Waals surface area (Å²) in [5.41, 5.74) is 2.34. The fourth-order valence-corrected chi connectivity index (χ4v) is 4.94. The number of esters is 1. The number of aryl methyl sites for hydroxylation is 1. The molecule has 0 radical (unpaired) electrons. The fourth-order valence-electron chi connectivity index (χ4n) is 3.42. The Morgan fingerprint density at radius 2 is 1.67 bits per heavy atom. The molecule has 0 heterocycles. The lowest BCUT2D eigenvalue weighted by Gasteiger charge is -2.21. The van der Waals surface area contributed by atoms with Crippen molar-refractivity contribution < 1.29 is 23.1 Å². The summed E-state index contributed by atoms with van der Waals surface area (Å²) >= 11 is 0. The second-order valence-corrected chi connectivity index (χ2v) is 10.1. The van der Waals surface area contributed by atoms with Crippen molar-refractivity contribution in [3.05, 3.63) is 89.5 Å². The molecule has 0 aromatic heterocycles. The topological polar surface area (TPSA) is 92.7 Å². The van der Waals surface area contributed by atoms with E-state index in [9.17, 15) is 18.3 Å². The lowest BCUT2D eigenvalue weighted by atomic mass is 10.0. The molecule has 6 nitrogen and oxygen atoms in total. The molecule has 3 aromatic carbocycles. The average molecular weight is 468 g/mol. The molecule has 0 saturated carbocycles. The minimum absolute atomic E-state index is 0.0322. The van der Waals surface area contributed by atoms with Crippen molar-refractivity contribution in [2.75, 3.05) is 0 Å². The molecule has 7 heteroatoms. The Bertz CT molecular complexity index is 1190. The number of phenolic OH excluding ortho intramolecular Hbond substituents is 1. The minimum Gasteiger partial charge on any atom is -0.508 e. The quantitative estimate of drug-likeness (QED) is 0.459. The van der Waals surface area contributed by atoms with Crippen molar-refractivity contribution in [2.45, 2.75) is 55.7 Å². The molecular formula is C26H29NO5S. The summed E-state index contributed by atoms with van der Waals surface area (Å²) in [7, 11) is -3.91. The van der Waals surface area contributed by atoms with Gasteiger partial charge in [0.2, 0.25) is 9.84 Å². The van der Waals surface area contributed by atoms with Crippen molar-refractivity contribution in [3.8, 4) is 5.75 Å². The molecule has 33 heavy (non-hydrogen) atoms. The van der Waals surface area contributed by atoms with E-state index < -0.39 is 21.8 Å².